The maximum absolute atomic E-state index is 11.3. The summed E-state index contributed by atoms with van der Waals surface area (Å²) in [5.41, 5.74) is 0.970. The van der Waals surface area contributed by atoms with Crippen LogP contribution in [0, 0.1) is 0 Å². The van der Waals surface area contributed by atoms with Crippen molar-refractivity contribution in [2.75, 3.05) is 6.26 Å². The van der Waals surface area contributed by atoms with Crippen LogP contribution in [0.1, 0.15) is 20.1 Å². The van der Waals surface area contributed by atoms with E-state index in [1.165, 1.54) is 17.6 Å². The van der Waals surface area contributed by atoms with Crippen molar-refractivity contribution < 1.29 is 18.3 Å². The summed E-state index contributed by atoms with van der Waals surface area (Å²) in [5, 5.41) is 12.0. The molecule has 0 aliphatic rings. The first kappa shape index (κ1) is 15.7. The smallest absolute Gasteiger partial charge is 0.345 e. The van der Waals surface area contributed by atoms with E-state index in [0.29, 0.717) is 22.9 Å². The average Bonchev–Trinajstić information content (AvgIpc) is 2.87. The first-order valence-electron chi connectivity index (χ1n) is 6.18. The van der Waals surface area contributed by atoms with Gasteiger partial charge in [0, 0.05) is 24.2 Å². The molecule has 0 bridgehead atoms. The van der Waals surface area contributed by atoms with Gasteiger partial charge in [-0.1, -0.05) is 12.1 Å². The molecule has 0 radical (unpaired) electrons. The number of sulfone groups is 1. The van der Waals surface area contributed by atoms with Crippen molar-refractivity contribution >= 4 is 27.1 Å². The van der Waals surface area contributed by atoms with Gasteiger partial charge in [-0.15, -0.1) is 11.3 Å². The molecule has 7 heteroatoms. The highest BCUT2D eigenvalue weighted by Gasteiger charge is 2.07. The summed E-state index contributed by atoms with van der Waals surface area (Å²) < 4.78 is 22.7. The minimum Gasteiger partial charge on any atom is -0.477 e. The second-order valence-electron chi connectivity index (χ2n) is 4.59. The average molecular weight is 325 g/mol. The fourth-order valence-electron chi connectivity index (χ4n) is 1.77. The van der Waals surface area contributed by atoms with Crippen molar-refractivity contribution in [3.05, 3.63) is 51.7 Å². The Bertz CT molecular complexity index is 733. The lowest BCUT2D eigenvalue weighted by molar-refractivity contribution is 0.0702. The number of benzene rings is 1. The fourth-order valence-corrected chi connectivity index (χ4v) is 3.22. The van der Waals surface area contributed by atoms with E-state index in [0.717, 1.165) is 10.4 Å². The predicted octanol–water partition coefficient (Wildman–Crippen LogP) is 2.14. The number of rotatable bonds is 6. The lowest BCUT2D eigenvalue weighted by atomic mass is 10.2. The number of hydrogen-bond donors (Lipinski definition) is 2. The topological polar surface area (TPSA) is 83.5 Å². The molecule has 0 saturated heterocycles. The van der Waals surface area contributed by atoms with Crippen LogP contribution >= 0.6 is 11.3 Å². The van der Waals surface area contributed by atoms with Gasteiger partial charge in [0.1, 0.15) is 4.88 Å². The third-order valence-corrected chi connectivity index (χ3v) is 5.05. The minimum atomic E-state index is -3.16. The summed E-state index contributed by atoms with van der Waals surface area (Å²) in [6.07, 6.45) is 1.18. The van der Waals surface area contributed by atoms with E-state index in [-0.39, 0.29) is 0 Å². The second-order valence-corrected chi connectivity index (χ2v) is 7.77. The molecule has 1 heterocycles. The molecule has 0 spiro atoms. The Hall–Kier alpha value is -1.70. The molecule has 0 aliphatic carbocycles. The Balaban J connectivity index is 1.89. The van der Waals surface area contributed by atoms with Crippen LogP contribution in [0.3, 0.4) is 0 Å². The van der Waals surface area contributed by atoms with Crippen molar-refractivity contribution in [1.82, 2.24) is 5.32 Å². The molecule has 0 fully saturated rings. The molecule has 2 N–H and O–H groups in total. The molecule has 5 nitrogen and oxygen atoms in total. The SMILES string of the molecule is CS(=O)(=O)c1ccc(CNCc2ccc(C(=O)O)s2)cc1. The predicted molar refractivity (Wildman–Crippen MR) is 81.4 cm³/mol. The Morgan fingerprint density at radius 3 is 2.33 bits per heavy atom. The molecular formula is C14H15NO4S2. The maximum atomic E-state index is 11.3. The summed E-state index contributed by atoms with van der Waals surface area (Å²) in [6.45, 7) is 1.16. The van der Waals surface area contributed by atoms with Crippen LogP contribution in [0.4, 0.5) is 0 Å². The van der Waals surface area contributed by atoms with Crippen LogP contribution < -0.4 is 5.32 Å². The lowest BCUT2D eigenvalue weighted by Crippen LogP contribution is -2.11. The number of aromatic carboxylic acids is 1. The molecular weight excluding hydrogens is 310 g/mol. The highest BCUT2D eigenvalue weighted by molar-refractivity contribution is 7.90. The third kappa shape index (κ3) is 4.38. The number of thiophene rings is 1. The van der Waals surface area contributed by atoms with E-state index < -0.39 is 15.8 Å². The van der Waals surface area contributed by atoms with Gasteiger partial charge in [-0.05, 0) is 29.8 Å². The number of carboxylic acid groups (broad SMARTS) is 1. The maximum Gasteiger partial charge on any atom is 0.345 e. The van der Waals surface area contributed by atoms with Gasteiger partial charge in [0.05, 0.1) is 4.90 Å². The number of carboxylic acids is 1. The lowest BCUT2D eigenvalue weighted by Gasteiger charge is -2.04. The molecule has 112 valence electrons. The van der Waals surface area contributed by atoms with Gasteiger partial charge >= 0.3 is 5.97 Å². The summed E-state index contributed by atoms with van der Waals surface area (Å²) in [4.78, 5) is 12.3. The van der Waals surface area contributed by atoms with Crippen LogP contribution in [0.2, 0.25) is 0 Å². The molecule has 0 amide bonds. The summed E-state index contributed by atoms with van der Waals surface area (Å²) in [6, 6.07) is 10.1. The fraction of sp³-hybridized carbons (Fsp3) is 0.214. The molecule has 21 heavy (non-hydrogen) atoms. The van der Waals surface area contributed by atoms with Gasteiger partial charge in [-0.3, -0.25) is 0 Å². The van der Waals surface area contributed by atoms with Gasteiger partial charge in [0.15, 0.2) is 9.84 Å². The second kappa shape index (κ2) is 6.38. The van der Waals surface area contributed by atoms with Gasteiger partial charge < -0.3 is 10.4 Å². The van der Waals surface area contributed by atoms with Crippen molar-refractivity contribution in [1.29, 1.82) is 0 Å². The zero-order valence-electron chi connectivity index (χ0n) is 11.4. The van der Waals surface area contributed by atoms with E-state index in [4.69, 9.17) is 5.11 Å². The molecule has 0 saturated carbocycles. The van der Waals surface area contributed by atoms with E-state index in [9.17, 15) is 13.2 Å². The Morgan fingerprint density at radius 2 is 1.81 bits per heavy atom. The summed E-state index contributed by atoms with van der Waals surface area (Å²) in [7, 11) is -3.16. The van der Waals surface area contributed by atoms with Crippen molar-refractivity contribution in [3.8, 4) is 0 Å². The quantitative estimate of drug-likeness (QED) is 0.850. The normalized spacial score (nSPS) is 11.5. The number of nitrogens with one attached hydrogen (secondary N) is 1. The van der Waals surface area contributed by atoms with Crippen LogP contribution in [0.25, 0.3) is 0 Å². The molecule has 2 rings (SSSR count). The largest absolute Gasteiger partial charge is 0.477 e. The van der Waals surface area contributed by atoms with Crippen molar-refractivity contribution in [3.63, 3.8) is 0 Å². The summed E-state index contributed by atoms with van der Waals surface area (Å²) >= 11 is 1.24. The van der Waals surface area contributed by atoms with Crippen LogP contribution in [-0.4, -0.2) is 25.7 Å². The van der Waals surface area contributed by atoms with Crippen LogP contribution in [-0.2, 0) is 22.9 Å². The van der Waals surface area contributed by atoms with Gasteiger partial charge in [-0.25, -0.2) is 13.2 Å². The molecule has 2 aromatic rings. The first-order valence-corrected chi connectivity index (χ1v) is 8.89. The monoisotopic (exact) mass is 325 g/mol. The van der Waals surface area contributed by atoms with Gasteiger partial charge in [0.2, 0.25) is 0 Å². The minimum absolute atomic E-state index is 0.301. The van der Waals surface area contributed by atoms with E-state index in [2.05, 4.69) is 5.32 Å². The molecule has 0 aliphatic heterocycles. The van der Waals surface area contributed by atoms with Gasteiger partial charge in [-0.2, -0.15) is 0 Å². The first-order chi connectivity index (χ1) is 9.86. The highest BCUT2D eigenvalue weighted by Crippen LogP contribution is 2.16. The number of hydrogen-bond acceptors (Lipinski definition) is 5. The Kier molecular flexibility index (Phi) is 4.76. The zero-order chi connectivity index (χ0) is 15.5. The highest BCUT2D eigenvalue weighted by atomic mass is 32.2. The standard InChI is InChI=1S/C14H15NO4S2/c1-21(18,19)12-5-2-10(3-6-12)8-15-9-11-4-7-13(20-11)14(16)17/h2-7,15H,8-9H2,1H3,(H,16,17). The molecule has 0 unspecified atom stereocenters. The summed E-state index contributed by atoms with van der Waals surface area (Å²) in [5.74, 6) is -0.914. The van der Waals surface area contributed by atoms with Crippen molar-refractivity contribution in [2.24, 2.45) is 0 Å². The molecule has 1 aromatic carbocycles. The Morgan fingerprint density at radius 1 is 1.14 bits per heavy atom. The van der Waals surface area contributed by atoms with Crippen molar-refractivity contribution in [2.45, 2.75) is 18.0 Å². The van der Waals surface area contributed by atoms with E-state index in [1.54, 1.807) is 36.4 Å². The van der Waals surface area contributed by atoms with Crippen LogP contribution in [0.5, 0.6) is 0 Å². The van der Waals surface area contributed by atoms with Crippen LogP contribution in [0.15, 0.2) is 41.3 Å². The van der Waals surface area contributed by atoms with Gasteiger partial charge in [0.25, 0.3) is 0 Å². The Labute approximate surface area is 127 Å². The number of carbonyl (C=O) groups is 1. The zero-order valence-corrected chi connectivity index (χ0v) is 13.0. The van der Waals surface area contributed by atoms with E-state index >= 15 is 0 Å². The third-order valence-electron chi connectivity index (χ3n) is 2.85. The van der Waals surface area contributed by atoms with E-state index in [1.807, 2.05) is 0 Å². The molecule has 1 aromatic heterocycles. The molecule has 0 atom stereocenters.